The summed E-state index contributed by atoms with van der Waals surface area (Å²) in [5, 5.41) is 5.01. The standard InChI is InChI=1S/C20H24NO/c1-20(2,3)19-18(14-8-6-5-7-9-14)17-12-16(22-4)11-10-15(17)13-21-19/h5-12,18-19H,13H2,1-4H3. The van der Waals surface area contributed by atoms with Crippen LogP contribution in [0.5, 0.6) is 5.75 Å². The van der Waals surface area contributed by atoms with Crippen molar-refractivity contribution in [3.8, 4) is 5.75 Å². The second-order valence-corrected chi connectivity index (χ2v) is 7.10. The van der Waals surface area contributed by atoms with E-state index in [1.165, 1.54) is 16.7 Å². The second-order valence-electron chi connectivity index (χ2n) is 7.10. The van der Waals surface area contributed by atoms with Gasteiger partial charge in [0.05, 0.1) is 7.11 Å². The number of ether oxygens (including phenoxy) is 1. The van der Waals surface area contributed by atoms with Crippen molar-refractivity contribution in [3.63, 3.8) is 0 Å². The molecule has 2 nitrogen and oxygen atoms in total. The van der Waals surface area contributed by atoms with E-state index in [1.807, 2.05) is 6.07 Å². The lowest BCUT2D eigenvalue weighted by atomic mass is 9.70. The zero-order valence-corrected chi connectivity index (χ0v) is 13.8. The molecule has 2 aromatic carbocycles. The molecule has 0 amide bonds. The number of hydrogen-bond acceptors (Lipinski definition) is 1. The van der Waals surface area contributed by atoms with Crippen LogP contribution in [-0.2, 0) is 6.54 Å². The number of hydrogen-bond donors (Lipinski definition) is 0. The first-order valence-electron chi connectivity index (χ1n) is 7.89. The Hall–Kier alpha value is -1.80. The van der Waals surface area contributed by atoms with E-state index >= 15 is 0 Å². The number of fused-ring (bicyclic) bond motifs is 1. The van der Waals surface area contributed by atoms with Crippen LogP contribution >= 0.6 is 0 Å². The third kappa shape index (κ3) is 2.76. The molecule has 0 fully saturated rings. The molecule has 2 atom stereocenters. The highest BCUT2D eigenvalue weighted by atomic mass is 16.5. The Bertz CT molecular complexity index is 643. The first-order valence-corrected chi connectivity index (χ1v) is 7.89. The van der Waals surface area contributed by atoms with Crippen LogP contribution in [0.15, 0.2) is 48.5 Å². The third-order valence-corrected chi connectivity index (χ3v) is 4.51. The van der Waals surface area contributed by atoms with Crippen molar-refractivity contribution in [2.45, 2.75) is 39.3 Å². The van der Waals surface area contributed by atoms with Crippen LogP contribution in [0.3, 0.4) is 0 Å². The largest absolute Gasteiger partial charge is 0.497 e. The van der Waals surface area contributed by atoms with E-state index in [0.29, 0.717) is 5.92 Å². The average molecular weight is 294 g/mol. The van der Waals surface area contributed by atoms with Crippen LogP contribution in [0, 0.1) is 5.41 Å². The van der Waals surface area contributed by atoms with Crippen molar-refractivity contribution >= 4 is 0 Å². The molecule has 2 aromatic rings. The quantitative estimate of drug-likeness (QED) is 0.807. The fourth-order valence-corrected chi connectivity index (χ4v) is 3.40. The van der Waals surface area contributed by atoms with Crippen LogP contribution < -0.4 is 10.1 Å². The van der Waals surface area contributed by atoms with Gasteiger partial charge in [-0.3, -0.25) is 0 Å². The molecule has 0 saturated carbocycles. The van der Waals surface area contributed by atoms with E-state index in [-0.39, 0.29) is 11.5 Å². The fourth-order valence-electron chi connectivity index (χ4n) is 3.40. The van der Waals surface area contributed by atoms with E-state index in [4.69, 9.17) is 10.1 Å². The summed E-state index contributed by atoms with van der Waals surface area (Å²) in [6, 6.07) is 17.4. The van der Waals surface area contributed by atoms with Crippen molar-refractivity contribution in [2.24, 2.45) is 5.41 Å². The number of rotatable bonds is 2. The van der Waals surface area contributed by atoms with Crippen molar-refractivity contribution in [1.82, 2.24) is 5.32 Å². The number of methoxy groups -OCH3 is 1. The molecule has 22 heavy (non-hydrogen) atoms. The van der Waals surface area contributed by atoms with Crippen molar-refractivity contribution in [1.29, 1.82) is 0 Å². The van der Waals surface area contributed by atoms with E-state index in [2.05, 4.69) is 63.2 Å². The summed E-state index contributed by atoms with van der Waals surface area (Å²) in [6.45, 7) is 7.64. The predicted octanol–water partition coefficient (Wildman–Crippen LogP) is 4.36. The summed E-state index contributed by atoms with van der Waals surface area (Å²) in [5.74, 6) is 1.22. The SMILES string of the molecule is COc1ccc2c(c1)C(c1ccccc1)C(C(C)(C)C)[N]C2. The lowest BCUT2D eigenvalue weighted by molar-refractivity contribution is 0.228. The summed E-state index contributed by atoms with van der Waals surface area (Å²) < 4.78 is 5.45. The lowest BCUT2D eigenvalue weighted by Crippen LogP contribution is -2.44. The molecule has 0 saturated heterocycles. The van der Waals surface area contributed by atoms with Gasteiger partial charge in [0.25, 0.3) is 0 Å². The van der Waals surface area contributed by atoms with Gasteiger partial charge >= 0.3 is 0 Å². The molecule has 3 rings (SSSR count). The molecular formula is C20H24NO. The van der Waals surface area contributed by atoms with Gasteiger partial charge in [-0.2, -0.15) is 0 Å². The Morgan fingerprint density at radius 3 is 2.41 bits per heavy atom. The lowest BCUT2D eigenvalue weighted by Gasteiger charge is -2.41. The minimum Gasteiger partial charge on any atom is -0.497 e. The van der Waals surface area contributed by atoms with Crippen molar-refractivity contribution in [2.75, 3.05) is 7.11 Å². The van der Waals surface area contributed by atoms with Crippen LogP contribution in [0.2, 0.25) is 0 Å². The molecule has 0 bridgehead atoms. The maximum Gasteiger partial charge on any atom is 0.119 e. The normalized spacial score (nSPS) is 21.3. The molecule has 2 heteroatoms. The molecule has 0 N–H and O–H groups in total. The molecule has 1 radical (unpaired) electrons. The van der Waals surface area contributed by atoms with E-state index in [9.17, 15) is 0 Å². The molecule has 1 heterocycles. The van der Waals surface area contributed by atoms with Crippen LogP contribution in [-0.4, -0.2) is 13.2 Å². The highest BCUT2D eigenvalue weighted by Crippen LogP contribution is 2.42. The Labute approximate surface area is 133 Å². The van der Waals surface area contributed by atoms with Gasteiger partial charge < -0.3 is 4.74 Å². The van der Waals surface area contributed by atoms with Crippen LogP contribution in [0.4, 0.5) is 0 Å². The second kappa shape index (κ2) is 5.77. The summed E-state index contributed by atoms with van der Waals surface area (Å²) in [4.78, 5) is 0. The molecular weight excluding hydrogens is 270 g/mol. The Morgan fingerprint density at radius 1 is 1.05 bits per heavy atom. The minimum atomic E-state index is 0.126. The van der Waals surface area contributed by atoms with E-state index < -0.39 is 0 Å². The minimum absolute atomic E-state index is 0.126. The molecule has 0 aromatic heterocycles. The molecule has 1 aliphatic rings. The zero-order valence-electron chi connectivity index (χ0n) is 13.8. The molecule has 2 unspecified atom stereocenters. The van der Waals surface area contributed by atoms with Gasteiger partial charge in [-0.1, -0.05) is 57.2 Å². The van der Waals surface area contributed by atoms with Crippen molar-refractivity contribution < 1.29 is 4.74 Å². The van der Waals surface area contributed by atoms with E-state index in [0.717, 1.165) is 12.3 Å². The van der Waals surface area contributed by atoms with Gasteiger partial charge in [-0.05, 0) is 34.2 Å². The zero-order chi connectivity index (χ0) is 15.7. The van der Waals surface area contributed by atoms with Gasteiger partial charge in [-0.15, -0.1) is 0 Å². The van der Waals surface area contributed by atoms with Gasteiger partial charge in [0.2, 0.25) is 0 Å². The fraction of sp³-hybridized carbons (Fsp3) is 0.400. The van der Waals surface area contributed by atoms with Gasteiger partial charge in [-0.25, -0.2) is 5.32 Å². The topological polar surface area (TPSA) is 23.3 Å². The third-order valence-electron chi connectivity index (χ3n) is 4.51. The summed E-state index contributed by atoms with van der Waals surface area (Å²) in [6.07, 6.45) is 0. The summed E-state index contributed by atoms with van der Waals surface area (Å²) >= 11 is 0. The maximum atomic E-state index is 5.45. The monoisotopic (exact) mass is 294 g/mol. The molecule has 1 aliphatic heterocycles. The smallest absolute Gasteiger partial charge is 0.119 e. The van der Waals surface area contributed by atoms with Crippen molar-refractivity contribution in [3.05, 3.63) is 65.2 Å². The Balaban J connectivity index is 2.15. The van der Waals surface area contributed by atoms with Crippen LogP contribution in [0.1, 0.15) is 43.4 Å². The van der Waals surface area contributed by atoms with E-state index in [1.54, 1.807) is 7.11 Å². The highest BCUT2D eigenvalue weighted by molar-refractivity contribution is 5.46. The number of nitrogens with zero attached hydrogens (tertiary/aromatic N) is 1. The predicted molar refractivity (Wildman–Crippen MR) is 90.4 cm³/mol. The summed E-state index contributed by atoms with van der Waals surface area (Å²) in [7, 11) is 1.73. The summed E-state index contributed by atoms with van der Waals surface area (Å²) in [5.41, 5.74) is 4.14. The molecule has 115 valence electrons. The average Bonchev–Trinajstić information content (AvgIpc) is 2.53. The maximum absolute atomic E-state index is 5.45. The Kier molecular flexibility index (Phi) is 3.96. The van der Waals surface area contributed by atoms with Gasteiger partial charge in [0, 0.05) is 18.5 Å². The van der Waals surface area contributed by atoms with Gasteiger partial charge in [0.15, 0.2) is 0 Å². The Morgan fingerprint density at radius 2 is 1.77 bits per heavy atom. The first-order chi connectivity index (χ1) is 10.5. The number of benzene rings is 2. The van der Waals surface area contributed by atoms with Gasteiger partial charge in [0.1, 0.15) is 5.75 Å². The van der Waals surface area contributed by atoms with Crippen LogP contribution in [0.25, 0.3) is 0 Å². The molecule has 0 spiro atoms. The molecule has 0 aliphatic carbocycles. The highest BCUT2D eigenvalue weighted by Gasteiger charge is 2.38. The first kappa shape index (κ1) is 15.1.